The molecule has 3 aromatic rings. The van der Waals surface area contributed by atoms with E-state index in [0.717, 1.165) is 27.9 Å². The van der Waals surface area contributed by atoms with Gasteiger partial charge in [-0.25, -0.2) is 5.43 Å². The van der Waals surface area contributed by atoms with Crippen LogP contribution in [0.15, 0.2) is 65.8 Å². The van der Waals surface area contributed by atoms with E-state index in [1.54, 1.807) is 6.07 Å². The molecule has 0 saturated carbocycles. The number of hydrogen-bond donors (Lipinski definition) is 1. The summed E-state index contributed by atoms with van der Waals surface area (Å²) in [4.78, 5) is 16.9. The van der Waals surface area contributed by atoms with Crippen molar-refractivity contribution in [3.05, 3.63) is 77.5 Å². The number of para-hydroxylation sites is 1. The smallest absolute Gasteiger partial charge is 0.267 e. The van der Waals surface area contributed by atoms with Crippen molar-refractivity contribution in [1.82, 2.24) is 10.4 Å². The standard InChI is InChI=1S/C19H17N3O/c1-13-12-17(16-10-6-7-11-18(16)20-13)19(23)22-21-14(2)15-8-4-3-5-9-15/h3-12H,1-2H3,(H,22,23)/b21-14-. The van der Waals surface area contributed by atoms with Gasteiger partial charge in [-0.05, 0) is 31.5 Å². The Bertz CT molecular complexity index is 886. The summed E-state index contributed by atoms with van der Waals surface area (Å²) < 4.78 is 0. The molecule has 23 heavy (non-hydrogen) atoms. The molecule has 0 aliphatic heterocycles. The monoisotopic (exact) mass is 303 g/mol. The number of nitrogens with zero attached hydrogens (tertiary/aromatic N) is 2. The second kappa shape index (κ2) is 6.40. The Hall–Kier alpha value is -3.01. The van der Waals surface area contributed by atoms with E-state index in [2.05, 4.69) is 15.5 Å². The molecule has 1 N–H and O–H groups in total. The minimum Gasteiger partial charge on any atom is -0.267 e. The van der Waals surface area contributed by atoms with Crippen LogP contribution in [0.2, 0.25) is 0 Å². The van der Waals surface area contributed by atoms with Crippen molar-refractivity contribution in [2.24, 2.45) is 5.10 Å². The summed E-state index contributed by atoms with van der Waals surface area (Å²) in [6, 6.07) is 19.1. The highest BCUT2D eigenvalue weighted by Gasteiger charge is 2.11. The lowest BCUT2D eigenvalue weighted by Crippen LogP contribution is -2.20. The number of benzene rings is 2. The van der Waals surface area contributed by atoms with Crippen molar-refractivity contribution in [3.8, 4) is 0 Å². The number of hydrogen-bond acceptors (Lipinski definition) is 3. The van der Waals surface area contributed by atoms with Gasteiger partial charge in [0.15, 0.2) is 0 Å². The van der Waals surface area contributed by atoms with Gasteiger partial charge >= 0.3 is 0 Å². The van der Waals surface area contributed by atoms with E-state index in [4.69, 9.17) is 0 Å². The SMILES string of the molecule is C/C(=N/NC(=O)c1cc(C)nc2ccccc12)c1ccccc1. The molecule has 0 aliphatic rings. The average molecular weight is 303 g/mol. The van der Waals surface area contributed by atoms with E-state index in [-0.39, 0.29) is 5.91 Å². The number of aryl methyl sites for hydroxylation is 1. The molecule has 0 bridgehead atoms. The van der Waals surface area contributed by atoms with Crippen LogP contribution in [-0.2, 0) is 0 Å². The molecule has 0 unspecified atom stereocenters. The lowest BCUT2D eigenvalue weighted by molar-refractivity contribution is 0.0956. The maximum absolute atomic E-state index is 12.5. The first-order valence-electron chi connectivity index (χ1n) is 7.41. The summed E-state index contributed by atoms with van der Waals surface area (Å²) in [5.74, 6) is -0.234. The maximum atomic E-state index is 12.5. The Morgan fingerprint density at radius 2 is 1.74 bits per heavy atom. The quantitative estimate of drug-likeness (QED) is 0.592. The molecule has 0 radical (unpaired) electrons. The predicted octanol–water partition coefficient (Wildman–Crippen LogP) is 3.70. The molecule has 2 aromatic carbocycles. The van der Waals surface area contributed by atoms with Gasteiger partial charge < -0.3 is 0 Å². The number of nitrogens with one attached hydrogen (secondary N) is 1. The second-order valence-electron chi connectivity index (χ2n) is 5.33. The van der Waals surface area contributed by atoms with Gasteiger partial charge in [0.25, 0.3) is 5.91 Å². The third kappa shape index (κ3) is 3.26. The number of carbonyl (C=O) groups excluding carboxylic acids is 1. The Kier molecular flexibility index (Phi) is 4.15. The molecule has 0 spiro atoms. The Morgan fingerprint density at radius 1 is 1.04 bits per heavy atom. The van der Waals surface area contributed by atoms with E-state index in [0.29, 0.717) is 5.56 Å². The largest absolute Gasteiger partial charge is 0.272 e. The van der Waals surface area contributed by atoms with Crippen LogP contribution in [0.1, 0.15) is 28.5 Å². The van der Waals surface area contributed by atoms with Gasteiger partial charge in [0.2, 0.25) is 0 Å². The number of hydrazone groups is 1. The van der Waals surface area contributed by atoms with Crippen LogP contribution >= 0.6 is 0 Å². The highest BCUT2D eigenvalue weighted by Crippen LogP contribution is 2.18. The van der Waals surface area contributed by atoms with E-state index < -0.39 is 0 Å². The summed E-state index contributed by atoms with van der Waals surface area (Å²) in [5, 5.41) is 5.03. The van der Waals surface area contributed by atoms with Gasteiger partial charge in [0.05, 0.1) is 16.8 Å². The average Bonchev–Trinajstić information content (AvgIpc) is 2.59. The molecule has 0 aliphatic carbocycles. The fraction of sp³-hybridized carbons (Fsp3) is 0.105. The van der Waals surface area contributed by atoms with Gasteiger partial charge in [-0.3, -0.25) is 9.78 Å². The molecular weight excluding hydrogens is 286 g/mol. The number of carbonyl (C=O) groups is 1. The number of aromatic nitrogens is 1. The van der Waals surface area contributed by atoms with E-state index in [1.807, 2.05) is 68.4 Å². The zero-order valence-corrected chi connectivity index (χ0v) is 13.1. The minimum absolute atomic E-state index is 0.234. The third-order valence-electron chi connectivity index (χ3n) is 3.61. The summed E-state index contributed by atoms with van der Waals surface area (Å²) in [7, 11) is 0. The number of fused-ring (bicyclic) bond motifs is 1. The van der Waals surface area contributed by atoms with Crippen molar-refractivity contribution in [3.63, 3.8) is 0 Å². The normalized spacial score (nSPS) is 11.5. The minimum atomic E-state index is -0.234. The first-order chi connectivity index (χ1) is 11.1. The molecule has 3 rings (SSSR count). The van der Waals surface area contributed by atoms with Crippen LogP contribution in [0.25, 0.3) is 10.9 Å². The van der Waals surface area contributed by atoms with Crippen LogP contribution in [0.5, 0.6) is 0 Å². The van der Waals surface area contributed by atoms with E-state index in [9.17, 15) is 4.79 Å². The number of pyridine rings is 1. The topological polar surface area (TPSA) is 54.4 Å². The highest BCUT2D eigenvalue weighted by molar-refractivity contribution is 6.07. The number of amides is 1. The lowest BCUT2D eigenvalue weighted by Gasteiger charge is -2.07. The number of rotatable bonds is 3. The fourth-order valence-corrected chi connectivity index (χ4v) is 2.43. The second-order valence-corrected chi connectivity index (χ2v) is 5.33. The van der Waals surface area contributed by atoms with E-state index in [1.165, 1.54) is 0 Å². The molecule has 0 fully saturated rings. The van der Waals surface area contributed by atoms with Crippen molar-refractivity contribution in [2.45, 2.75) is 13.8 Å². The predicted molar refractivity (Wildman–Crippen MR) is 92.6 cm³/mol. The fourth-order valence-electron chi connectivity index (χ4n) is 2.43. The maximum Gasteiger partial charge on any atom is 0.272 e. The van der Waals surface area contributed by atoms with Crippen LogP contribution in [-0.4, -0.2) is 16.6 Å². The van der Waals surface area contributed by atoms with Crippen molar-refractivity contribution >= 4 is 22.5 Å². The molecule has 1 heterocycles. The molecule has 0 saturated heterocycles. The van der Waals surface area contributed by atoms with Gasteiger partial charge in [0.1, 0.15) is 0 Å². The van der Waals surface area contributed by atoms with Crippen LogP contribution in [0.3, 0.4) is 0 Å². The molecule has 4 nitrogen and oxygen atoms in total. The zero-order valence-electron chi connectivity index (χ0n) is 13.1. The third-order valence-corrected chi connectivity index (χ3v) is 3.61. The van der Waals surface area contributed by atoms with Gasteiger partial charge in [-0.15, -0.1) is 0 Å². The first kappa shape index (κ1) is 14.9. The molecular formula is C19H17N3O. The Balaban J connectivity index is 1.90. The molecule has 1 aromatic heterocycles. The first-order valence-corrected chi connectivity index (χ1v) is 7.41. The van der Waals surface area contributed by atoms with Crippen LogP contribution in [0, 0.1) is 6.92 Å². The van der Waals surface area contributed by atoms with Crippen molar-refractivity contribution in [1.29, 1.82) is 0 Å². The summed E-state index contributed by atoms with van der Waals surface area (Å²) in [6.07, 6.45) is 0. The Morgan fingerprint density at radius 3 is 2.52 bits per heavy atom. The van der Waals surface area contributed by atoms with Crippen LogP contribution < -0.4 is 5.43 Å². The lowest BCUT2D eigenvalue weighted by atomic mass is 10.1. The van der Waals surface area contributed by atoms with Crippen LogP contribution in [0.4, 0.5) is 0 Å². The van der Waals surface area contributed by atoms with Gasteiger partial charge in [-0.2, -0.15) is 5.10 Å². The molecule has 0 atom stereocenters. The Labute approximate surface area is 134 Å². The van der Waals surface area contributed by atoms with Gasteiger partial charge in [0, 0.05) is 11.1 Å². The van der Waals surface area contributed by atoms with E-state index >= 15 is 0 Å². The zero-order chi connectivity index (χ0) is 16.2. The summed E-state index contributed by atoms with van der Waals surface area (Å²) in [5.41, 5.74) is 6.56. The van der Waals surface area contributed by atoms with Crippen molar-refractivity contribution < 1.29 is 4.79 Å². The molecule has 1 amide bonds. The van der Waals surface area contributed by atoms with Crippen molar-refractivity contribution in [2.75, 3.05) is 0 Å². The van der Waals surface area contributed by atoms with Gasteiger partial charge in [-0.1, -0.05) is 48.5 Å². The molecule has 4 heteroatoms. The highest BCUT2D eigenvalue weighted by atomic mass is 16.2. The summed E-state index contributed by atoms with van der Waals surface area (Å²) >= 11 is 0. The molecule has 114 valence electrons. The summed E-state index contributed by atoms with van der Waals surface area (Å²) in [6.45, 7) is 3.74.